The fourth-order valence-electron chi connectivity index (χ4n) is 0.856. The minimum absolute atomic E-state index is 0.446. The fraction of sp³-hybridized carbons (Fsp3) is 0.286. The van der Waals surface area contributed by atoms with E-state index < -0.39 is 0 Å². The van der Waals surface area contributed by atoms with Crippen molar-refractivity contribution in [1.29, 1.82) is 0 Å². The fourth-order valence-corrected chi connectivity index (χ4v) is 0.856. The van der Waals surface area contributed by atoms with Gasteiger partial charge in [-0.1, -0.05) is 12.2 Å². The van der Waals surface area contributed by atoms with Gasteiger partial charge in [-0.25, -0.2) is 0 Å². The van der Waals surface area contributed by atoms with Crippen LogP contribution < -0.4 is 5.32 Å². The first-order valence-corrected chi connectivity index (χ1v) is 3.30. The van der Waals surface area contributed by atoms with E-state index in [1.54, 1.807) is 0 Å². The van der Waals surface area contributed by atoms with Gasteiger partial charge in [-0.3, -0.25) is 4.68 Å². The molecule has 0 bridgehead atoms. The first kappa shape index (κ1) is 5.53. The number of aromatic nitrogens is 2. The highest BCUT2D eigenvalue weighted by molar-refractivity contribution is 5.38. The molecule has 1 aromatic heterocycles. The molecule has 0 aliphatic heterocycles. The van der Waals surface area contributed by atoms with Crippen LogP contribution in [-0.2, 0) is 0 Å². The van der Waals surface area contributed by atoms with Gasteiger partial charge in [0, 0.05) is 13.2 Å². The number of rotatable bonds is 2. The molecular weight excluding hydrogens is 126 g/mol. The summed E-state index contributed by atoms with van der Waals surface area (Å²) in [6, 6.07) is 0.446. The Balaban J connectivity index is 2.19. The van der Waals surface area contributed by atoms with Gasteiger partial charge in [-0.05, 0) is 0 Å². The summed E-state index contributed by atoms with van der Waals surface area (Å²) < 4.78 is 1.92. The van der Waals surface area contributed by atoms with Crippen molar-refractivity contribution in [2.75, 3.05) is 12.4 Å². The second kappa shape index (κ2) is 1.87. The minimum atomic E-state index is 0.446. The van der Waals surface area contributed by atoms with Crippen LogP contribution >= 0.6 is 0 Å². The van der Waals surface area contributed by atoms with Crippen LogP contribution in [-0.4, -0.2) is 16.8 Å². The van der Waals surface area contributed by atoms with Crippen LogP contribution in [0.1, 0.15) is 6.04 Å². The molecule has 3 nitrogen and oxygen atoms in total. The highest BCUT2D eigenvalue weighted by Gasteiger charge is 2.13. The van der Waals surface area contributed by atoms with Crippen molar-refractivity contribution >= 4 is 5.69 Å². The third kappa shape index (κ3) is 0.795. The number of allylic oxidation sites excluding steroid dienone is 2. The predicted molar refractivity (Wildman–Crippen MR) is 40.0 cm³/mol. The molecule has 1 aromatic rings. The summed E-state index contributed by atoms with van der Waals surface area (Å²) in [4.78, 5) is 0. The van der Waals surface area contributed by atoms with Gasteiger partial charge in [0.05, 0.1) is 17.9 Å². The molecular formula is C7H9N3. The molecule has 1 heterocycles. The van der Waals surface area contributed by atoms with Crippen LogP contribution in [0.25, 0.3) is 0 Å². The number of nitrogens with zero attached hydrogens (tertiary/aromatic N) is 2. The first-order chi connectivity index (χ1) is 4.90. The smallest absolute Gasteiger partial charge is 0.0883 e. The van der Waals surface area contributed by atoms with Crippen molar-refractivity contribution in [3.05, 3.63) is 24.5 Å². The zero-order valence-corrected chi connectivity index (χ0v) is 5.78. The highest BCUT2D eigenvalue weighted by Crippen LogP contribution is 2.22. The standard InChI is InChI=1S/C7H9N3/c1-8-6-4-9-10(5-6)7-2-3-7/h2-5,7-8H,1H3. The third-order valence-electron chi connectivity index (χ3n) is 1.56. The van der Waals surface area contributed by atoms with Gasteiger partial charge in [-0.2, -0.15) is 5.10 Å². The molecule has 0 aromatic carbocycles. The van der Waals surface area contributed by atoms with Gasteiger partial charge >= 0.3 is 0 Å². The molecule has 2 rings (SSSR count). The van der Waals surface area contributed by atoms with Crippen molar-refractivity contribution < 1.29 is 0 Å². The van der Waals surface area contributed by atoms with Crippen LogP contribution in [0, 0.1) is 0 Å². The van der Waals surface area contributed by atoms with Crippen molar-refractivity contribution in [2.24, 2.45) is 0 Å². The Kier molecular flexibility index (Phi) is 1.03. The molecule has 0 amide bonds. The summed E-state index contributed by atoms with van der Waals surface area (Å²) in [7, 11) is 1.89. The van der Waals surface area contributed by atoms with Crippen LogP contribution in [0.3, 0.4) is 0 Å². The monoisotopic (exact) mass is 135 g/mol. The lowest BCUT2D eigenvalue weighted by atomic mass is 10.6. The van der Waals surface area contributed by atoms with E-state index in [1.165, 1.54) is 0 Å². The molecule has 3 heteroatoms. The van der Waals surface area contributed by atoms with Crippen molar-refractivity contribution in [3.63, 3.8) is 0 Å². The van der Waals surface area contributed by atoms with Gasteiger partial charge < -0.3 is 5.32 Å². The molecule has 0 saturated heterocycles. The molecule has 0 spiro atoms. The van der Waals surface area contributed by atoms with Gasteiger partial charge in [0.25, 0.3) is 0 Å². The summed E-state index contributed by atoms with van der Waals surface area (Å²) in [5, 5.41) is 7.16. The van der Waals surface area contributed by atoms with E-state index in [0.29, 0.717) is 6.04 Å². The molecule has 0 atom stereocenters. The Labute approximate surface area is 59.4 Å². The molecule has 10 heavy (non-hydrogen) atoms. The number of anilines is 1. The maximum absolute atomic E-state index is 4.14. The molecule has 52 valence electrons. The van der Waals surface area contributed by atoms with Gasteiger partial charge in [0.2, 0.25) is 0 Å². The Bertz CT molecular complexity index is 256. The largest absolute Gasteiger partial charge is 0.386 e. The lowest BCUT2D eigenvalue weighted by Crippen LogP contribution is -1.93. The van der Waals surface area contributed by atoms with Crippen LogP contribution in [0.15, 0.2) is 24.5 Å². The third-order valence-corrected chi connectivity index (χ3v) is 1.56. The lowest BCUT2D eigenvalue weighted by Gasteiger charge is -1.93. The van der Waals surface area contributed by atoms with Crippen molar-refractivity contribution in [2.45, 2.75) is 6.04 Å². The van der Waals surface area contributed by atoms with Gasteiger partial charge in [-0.15, -0.1) is 0 Å². The maximum Gasteiger partial charge on any atom is 0.0883 e. The SMILES string of the molecule is CNc1cnn(C2C=C2)c1. The van der Waals surface area contributed by atoms with Crippen LogP contribution in [0.4, 0.5) is 5.69 Å². The summed E-state index contributed by atoms with van der Waals surface area (Å²) >= 11 is 0. The summed E-state index contributed by atoms with van der Waals surface area (Å²) in [6.07, 6.45) is 8.02. The quantitative estimate of drug-likeness (QED) is 0.614. The number of hydrogen-bond acceptors (Lipinski definition) is 2. The molecule has 1 aliphatic rings. The zero-order valence-electron chi connectivity index (χ0n) is 5.78. The average Bonchev–Trinajstić information content (AvgIpc) is 2.70. The van der Waals surface area contributed by atoms with Crippen LogP contribution in [0.2, 0.25) is 0 Å². The summed E-state index contributed by atoms with van der Waals surface area (Å²) in [5.41, 5.74) is 1.06. The zero-order chi connectivity index (χ0) is 6.97. The lowest BCUT2D eigenvalue weighted by molar-refractivity contribution is 0.680. The molecule has 1 N–H and O–H groups in total. The van der Waals surface area contributed by atoms with E-state index in [0.717, 1.165) is 5.69 Å². The van der Waals surface area contributed by atoms with Gasteiger partial charge in [0.15, 0.2) is 0 Å². The van der Waals surface area contributed by atoms with E-state index in [4.69, 9.17) is 0 Å². The first-order valence-electron chi connectivity index (χ1n) is 3.30. The van der Waals surface area contributed by atoms with E-state index >= 15 is 0 Å². The predicted octanol–water partition coefficient (Wildman–Crippen LogP) is 1.04. The normalized spacial score (nSPS) is 15.7. The number of nitrogens with one attached hydrogen (secondary N) is 1. The Morgan fingerprint density at radius 3 is 2.90 bits per heavy atom. The van der Waals surface area contributed by atoms with E-state index in [2.05, 4.69) is 22.6 Å². The Morgan fingerprint density at radius 1 is 1.60 bits per heavy atom. The topological polar surface area (TPSA) is 29.9 Å². The molecule has 0 fully saturated rings. The molecule has 1 aliphatic carbocycles. The average molecular weight is 135 g/mol. The molecule has 0 saturated carbocycles. The number of hydrogen-bond donors (Lipinski definition) is 1. The van der Waals surface area contributed by atoms with Crippen LogP contribution in [0.5, 0.6) is 0 Å². The van der Waals surface area contributed by atoms with E-state index in [1.807, 2.05) is 24.1 Å². The highest BCUT2D eigenvalue weighted by atomic mass is 15.3. The summed E-state index contributed by atoms with van der Waals surface area (Å²) in [5.74, 6) is 0. The Morgan fingerprint density at radius 2 is 2.40 bits per heavy atom. The Hall–Kier alpha value is -1.25. The second-order valence-corrected chi connectivity index (χ2v) is 2.33. The van der Waals surface area contributed by atoms with Crippen molar-refractivity contribution in [1.82, 2.24) is 9.78 Å². The van der Waals surface area contributed by atoms with E-state index in [-0.39, 0.29) is 0 Å². The summed E-state index contributed by atoms with van der Waals surface area (Å²) in [6.45, 7) is 0. The van der Waals surface area contributed by atoms with E-state index in [9.17, 15) is 0 Å². The molecule has 0 unspecified atom stereocenters. The van der Waals surface area contributed by atoms with Crippen molar-refractivity contribution in [3.8, 4) is 0 Å². The van der Waals surface area contributed by atoms with Gasteiger partial charge in [0.1, 0.15) is 0 Å². The molecule has 0 radical (unpaired) electrons. The minimum Gasteiger partial charge on any atom is -0.386 e. The second-order valence-electron chi connectivity index (χ2n) is 2.33. The maximum atomic E-state index is 4.14.